The molecule has 1 rings (SSSR count). The van der Waals surface area contributed by atoms with Gasteiger partial charge in [-0.3, -0.25) is 4.79 Å². The topological polar surface area (TPSA) is 42.2 Å². The Hall–Kier alpha value is -1.25. The van der Waals surface area contributed by atoms with Gasteiger partial charge in [-0.05, 0) is 30.4 Å². The normalized spacial score (nSPS) is 11.5. The Balaban J connectivity index is 2.06. The van der Waals surface area contributed by atoms with Crippen molar-refractivity contribution in [1.29, 1.82) is 0 Å². The summed E-state index contributed by atoms with van der Waals surface area (Å²) in [6, 6.07) is 3.74. The Kier molecular flexibility index (Phi) is 5.26. The van der Waals surface area contributed by atoms with E-state index in [1.165, 1.54) is 0 Å². The Morgan fingerprint density at radius 3 is 2.76 bits per heavy atom. The molecule has 0 aromatic carbocycles. The van der Waals surface area contributed by atoms with Gasteiger partial charge in [0.25, 0.3) is 0 Å². The summed E-state index contributed by atoms with van der Waals surface area (Å²) in [4.78, 5) is 11.5. The highest BCUT2D eigenvalue weighted by Crippen LogP contribution is 2.19. The zero-order chi connectivity index (χ0) is 12.7. The summed E-state index contributed by atoms with van der Waals surface area (Å²) in [6.07, 6.45) is 4.99. The third-order valence-corrected chi connectivity index (χ3v) is 2.60. The van der Waals surface area contributed by atoms with Crippen LogP contribution in [0.4, 0.5) is 0 Å². The van der Waals surface area contributed by atoms with E-state index in [-0.39, 0.29) is 5.91 Å². The standard InChI is InChI=1S/C14H23NO2/c1-14(2,3)9-5-10-15-13(16)8-7-12-6-4-11-17-12/h4,6,11H,5,7-10H2,1-3H3,(H,15,16). The minimum atomic E-state index is 0.107. The van der Waals surface area contributed by atoms with E-state index in [2.05, 4.69) is 26.1 Å². The van der Waals surface area contributed by atoms with Crippen molar-refractivity contribution in [2.45, 2.75) is 46.5 Å². The molecular weight excluding hydrogens is 214 g/mol. The summed E-state index contributed by atoms with van der Waals surface area (Å²) in [5.74, 6) is 0.977. The summed E-state index contributed by atoms with van der Waals surface area (Å²) in [5.41, 5.74) is 0.346. The van der Waals surface area contributed by atoms with E-state index in [0.29, 0.717) is 18.3 Å². The van der Waals surface area contributed by atoms with Crippen molar-refractivity contribution in [2.75, 3.05) is 6.54 Å². The highest BCUT2D eigenvalue weighted by molar-refractivity contribution is 5.75. The van der Waals surface area contributed by atoms with Crippen LogP contribution in [0.15, 0.2) is 22.8 Å². The lowest BCUT2D eigenvalue weighted by molar-refractivity contribution is -0.121. The molecule has 0 radical (unpaired) electrons. The van der Waals surface area contributed by atoms with E-state index in [1.807, 2.05) is 12.1 Å². The van der Waals surface area contributed by atoms with Crippen molar-refractivity contribution in [3.63, 3.8) is 0 Å². The van der Waals surface area contributed by atoms with Gasteiger partial charge in [-0.25, -0.2) is 0 Å². The van der Waals surface area contributed by atoms with Crippen LogP contribution < -0.4 is 5.32 Å². The van der Waals surface area contributed by atoms with E-state index in [9.17, 15) is 4.79 Å². The molecule has 0 bridgehead atoms. The molecule has 0 saturated heterocycles. The highest BCUT2D eigenvalue weighted by Gasteiger charge is 2.09. The Morgan fingerprint density at radius 1 is 1.41 bits per heavy atom. The van der Waals surface area contributed by atoms with Crippen LogP contribution in [-0.4, -0.2) is 12.5 Å². The minimum absolute atomic E-state index is 0.107. The van der Waals surface area contributed by atoms with Crippen molar-refractivity contribution >= 4 is 5.91 Å². The molecule has 0 saturated carbocycles. The van der Waals surface area contributed by atoms with Crippen molar-refractivity contribution in [3.05, 3.63) is 24.2 Å². The average Bonchev–Trinajstić information content (AvgIpc) is 2.73. The molecule has 96 valence electrons. The van der Waals surface area contributed by atoms with Gasteiger partial charge >= 0.3 is 0 Å². The molecule has 1 N–H and O–H groups in total. The number of carbonyl (C=O) groups excluding carboxylic acids is 1. The second kappa shape index (κ2) is 6.48. The molecule has 0 aliphatic carbocycles. The van der Waals surface area contributed by atoms with Gasteiger partial charge in [0.15, 0.2) is 0 Å². The third kappa shape index (κ3) is 6.82. The second-order valence-electron chi connectivity index (χ2n) is 5.59. The van der Waals surface area contributed by atoms with Crippen LogP contribution >= 0.6 is 0 Å². The van der Waals surface area contributed by atoms with Gasteiger partial charge in [0.05, 0.1) is 6.26 Å². The lowest BCUT2D eigenvalue weighted by atomic mass is 9.91. The average molecular weight is 237 g/mol. The first-order valence-corrected chi connectivity index (χ1v) is 6.26. The largest absolute Gasteiger partial charge is 0.469 e. The number of furan rings is 1. The zero-order valence-corrected chi connectivity index (χ0v) is 11.1. The minimum Gasteiger partial charge on any atom is -0.469 e. The number of aryl methyl sites for hydroxylation is 1. The van der Waals surface area contributed by atoms with Crippen molar-refractivity contribution < 1.29 is 9.21 Å². The summed E-state index contributed by atoms with van der Waals surface area (Å²) >= 11 is 0. The monoisotopic (exact) mass is 237 g/mol. The summed E-state index contributed by atoms with van der Waals surface area (Å²) in [5, 5.41) is 2.94. The van der Waals surface area contributed by atoms with Gasteiger partial charge in [-0.2, -0.15) is 0 Å². The highest BCUT2D eigenvalue weighted by atomic mass is 16.3. The summed E-state index contributed by atoms with van der Waals surface area (Å²) in [7, 11) is 0. The maximum Gasteiger partial charge on any atom is 0.220 e. The van der Waals surface area contributed by atoms with Crippen LogP contribution in [0.25, 0.3) is 0 Å². The predicted molar refractivity (Wildman–Crippen MR) is 68.7 cm³/mol. The molecule has 0 aliphatic rings. The number of nitrogens with one attached hydrogen (secondary N) is 1. The fraction of sp³-hybridized carbons (Fsp3) is 0.643. The van der Waals surface area contributed by atoms with Crippen molar-refractivity contribution in [2.24, 2.45) is 5.41 Å². The SMILES string of the molecule is CC(C)(C)CCCNC(=O)CCc1ccco1. The van der Waals surface area contributed by atoms with Crippen LogP contribution in [0, 0.1) is 5.41 Å². The molecule has 0 atom stereocenters. The Labute approximate surface area is 104 Å². The smallest absolute Gasteiger partial charge is 0.220 e. The third-order valence-electron chi connectivity index (χ3n) is 2.60. The molecule has 3 nitrogen and oxygen atoms in total. The number of rotatable bonds is 6. The molecular formula is C14H23NO2. The molecule has 0 fully saturated rings. The summed E-state index contributed by atoms with van der Waals surface area (Å²) in [6.45, 7) is 7.41. The van der Waals surface area contributed by atoms with Crippen LogP contribution in [0.2, 0.25) is 0 Å². The van der Waals surface area contributed by atoms with Gasteiger partial charge in [0, 0.05) is 19.4 Å². The fourth-order valence-electron chi connectivity index (χ4n) is 1.63. The molecule has 1 amide bonds. The van der Waals surface area contributed by atoms with E-state index < -0.39 is 0 Å². The lowest BCUT2D eigenvalue weighted by Crippen LogP contribution is -2.25. The number of carbonyl (C=O) groups is 1. The Morgan fingerprint density at radius 2 is 2.18 bits per heavy atom. The molecule has 3 heteroatoms. The molecule has 1 aromatic heterocycles. The number of amides is 1. The first-order valence-electron chi connectivity index (χ1n) is 6.26. The zero-order valence-electron chi connectivity index (χ0n) is 11.1. The molecule has 0 unspecified atom stereocenters. The number of hydrogen-bond acceptors (Lipinski definition) is 2. The lowest BCUT2D eigenvalue weighted by Gasteiger charge is -2.17. The van der Waals surface area contributed by atoms with Crippen LogP contribution in [0.5, 0.6) is 0 Å². The van der Waals surface area contributed by atoms with E-state index in [4.69, 9.17) is 4.42 Å². The molecule has 1 aromatic rings. The Bertz CT molecular complexity index is 322. The van der Waals surface area contributed by atoms with Gasteiger partial charge in [-0.1, -0.05) is 20.8 Å². The molecule has 1 heterocycles. The summed E-state index contributed by atoms with van der Waals surface area (Å²) < 4.78 is 5.17. The van der Waals surface area contributed by atoms with E-state index in [1.54, 1.807) is 6.26 Å². The fourth-order valence-corrected chi connectivity index (χ4v) is 1.63. The van der Waals surface area contributed by atoms with Gasteiger partial charge < -0.3 is 9.73 Å². The van der Waals surface area contributed by atoms with Gasteiger partial charge in [0.2, 0.25) is 5.91 Å². The van der Waals surface area contributed by atoms with Crippen LogP contribution in [-0.2, 0) is 11.2 Å². The van der Waals surface area contributed by atoms with E-state index >= 15 is 0 Å². The molecule has 0 aliphatic heterocycles. The van der Waals surface area contributed by atoms with Crippen molar-refractivity contribution in [1.82, 2.24) is 5.32 Å². The van der Waals surface area contributed by atoms with Crippen molar-refractivity contribution in [3.8, 4) is 0 Å². The number of hydrogen-bond donors (Lipinski definition) is 1. The molecule has 17 heavy (non-hydrogen) atoms. The second-order valence-corrected chi connectivity index (χ2v) is 5.59. The molecule has 0 spiro atoms. The predicted octanol–water partition coefficient (Wildman–Crippen LogP) is 3.15. The maximum atomic E-state index is 11.5. The van der Waals surface area contributed by atoms with Gasteiger partial charge in [0.1, 0.15) is 5.76 Å². The van der Waals surface area contributed by atoms with Crippen LogP contribution in [0.1, 0.15) is 45.8 Å². The maximum absolute atomic E-state index is 11.5. The van der Waals surface area contributed by atoms with E-state index in [0.717, 1.165) is 25.1 Å². The quantitative estimate of drug-likeness (QED) is 0.772. The first-order chi connectivity index (χ1) is 7.97. The van der Waals surface area contributed by atoms with Crippen LogP contribution in [0.3, 0.4) is 0 Å². The van der Waals surface area contributed by atoms with Gasteiger partial charge in [-0.15, -0.1) is 0 Å². The first kappa shape index (κ1) is 13.8.